The van der Waals surface area contributed by atoms with Gasteiger partial charge in [0.15, 0.2) is 0 Å². The molecule has 1 fully saturated rings. The number of benzene rings is 2. The number of fused-ring (bicyclic) bond motifs is 3. The molecule has 0 unspecified atom stereocenters. The van der Waals surface area contributed by atoms with E-state index in [1.807, 2.05) is 18.2 Å². The third kappa shape index (κ3) is 4.19. The van der Waals surface area contributed by atoms with Crippen molar-refractivity contribution in [3.05, 3.63) is 73.4 Å². The smallest absolute Gasteiger partial charge is 0.350 e. The zero-order chi connectivity index (χ0) is 22.9. The van der Waals surface area contributed by atoms with E-state index in [2.05, 4.69) is 15.1 Å². The molecule has 8 nitrogen and oxygen atoms in total. The first-order valence-corrected chi connectivity index (χ1v) is 11.4. The number of aromatic nitrogens is 3. The molecule has 1 aliphatic rings. The van der Waals surface area contributed by atoms with Crippen molar-refractivity contribution in [2.24, 2.45) is 5.10 Å². The molecule has 0 bridgehead atoms. The van der Waals surface area contributed by atoms with Crippen LogP contribution in [0.25, 0.3) is 21.9 Å². The van der Waals surface area contributed by atoms with Crippen molar-refractivity contribution in [1.29, 1.82) is 0 Å². The number of nitrogens with zero attached hydrogens (tertiary/aromatic N) is 2. The molecule has 0 aliphatic carbocycles. The fraction of sp³-hybridized carbons (Fsp3) is 0.292. The molecular formula is C24H25ClN5O3+. The standard InChI is InChI=1S/C24H24ClN5O3/c1-33-20-8-5-15(11-16(20)14-29-9-3-2-4-10-29)13-26-30-23(31)22-21(28-24(30)32)18-12-17(25)6-7-19(18)27-22/h5-8,11-13,27H,2-4,9-10,14H2,1H3,(H,28,32)/p+1/b26-13-. The average molecular weight is 467 g/mol. The van der Waals surface area contributed by atoms with Gasteiger partial charge in [-0.1, -0.05) is 11.6 Å². The molecule has 4 aromatic rings. The molecular weight excluding hydrogens is 442 g/mol. The van der Waals surface area contributed by atoms with Crippen molar-refractivity contribution in [3.63, 3.8) is 0 Å². The average Bonchev–Trinajstić information content (AvgIpc) is 3.17. The summed E-state index contributed by atoms with van der Waals surface area (Å²) in [5.74, 6) is 0.832. The molecule has 3 heterocycles. The van der Waals surface area contributed by atoms with Crippen LogP contribution in [0.15, 0.2) is 51.1 Å². The van der Waals surface area contributed by atoms with E-state index in [4.69, 9.17) is 16.3 Å². The molecule has 2 aromatic heterocycles. The molecule has 0 spiro atoms. The lowest BCUT2D eigenvalue weighted by molar-refractivity contribution is -0.918. The Kier molecular flexibility index (Phi) is 5.78. The number of ether oxygens (including phenoxy) is 1. The molecule has 0 radical (unpaired) electrons. The monoisotopic (exact) mass is 466 g/mol. The summed E-state index contributed by atoms with van der Waals surface area (Å²) < 4.78 is 6.38. The fourth-order valence-electron chi connectivity index (χ4n) is 4.56. The third-order valence-electron chi connectivity index (χ3n) is 6.22. The van der Waals surface area contributed by atoms with E-state index in [9.17, 15) is 9.59 Å². The molecule has 0 saturated carbocycles. The summed E-state index contributed by atoms with van der Waals surface area (Å²) in [5.41, 5.74) is 2.14. The lowest BCUT2D eigenvalue weighted by Crippen LogP contribution is -3.11. The van der Waals surface area contributed by atoms with Crippen LogP contribution in [0.1, 0.15) is 30.4 Å². The first-order valence-electron chi connectivity index (χ1n) is 11.0. The minimum Gasteiger partial charge on any atom is -0.496 e. The Balaban J connectivity index is 1.50. The van der Waals surface area contributed by atoms with Gasteiger partial charge >= 0.3 is 11.2 Å². The van der Waals surface area contributed by atoms with Gasteiger partial charge in [0, 0.05) is 21.5 Å². The Hall–Kier alpha value is -3.36. The highest BCUT2D eigenvalue weighted by Gasteiger charge is 2.17. The van der Waals surface area contributed by atoms with Crippen LogP contribution >= 0.6 is 11.6 Å². The van der Waals surface area contributed by atoms with E-state index in [0.29, 0.717) is 21.4 Å². The number of halogens is 1. The molecule has 9 heteroatoms. The Morgan fingerprint density at radius 1 is 1.09 bits per heavy atom. The summed E-state index contributed by atoms with van der Waals surface area (Å²) in [7, 11) is 1.67. The Morgan fingerprint density at radius 2 is 1.91 bits per heavy atom. The molecule has 170 valence electrons. The van der Waals surface area contributed by atoms with Gasteiger partial charge < -0.3 is 19.6 Å². The highest BCUT2D eigenvalue weighted by molar-refractivity contribution is 6.31. The van der Waals surface area contributed by atoms with Gasteiger partial charge in [-0.25, -0.2) is 4.79 Å². The van der Waals surface area contributed by atoms with Gasteiger partial charge in [-0.2, -0.15) is 5.10 Å². The quantitative estimate of drug-likeness (QED) is 0.394. The van der Waals surface area contributed by atoms with Crippen molar-refractivity contribution < 1.29 is 9.64 Å². The van der Waals surface area contributed by atoms with Crippen LogP contribution in [0.4, 0.5) is 0 Å². The van der Waals surface area contributed by atoms with Crippen LogP contribution in [0, 0.1) is 0 Å². The predicted molar refractivity (Wildman–Crippen MR) is 130 cm³/mol. The van der Waals surface area contributed by atoms with Crippen molar-refractivity contribution >= 4 is 39.8 Å². The summed E-state index contributed by atoms with van der Waals surface area (Å²) >= 11 is 6.08. The van der Waals surface area contributed by atoms with Gasteiger partial charge in [-0.3, -0.25) is 4.79 Å². The molecule has 5 rings (SSSR count). The first-order chi connectivity index (χ1) is 16.0. The van der Waals surface area contributed by atoms with Crippen molar-refractivity contribution in [1.82, 2.24) is 14.6 Å². The molecule has 0 amide bonds. The molecule has 33 heavy (non-hydrogen) atoms. The van der Waals surface area contributed by atoms with E-state index in [1.165, 1.54) is 30.4 Å². The molecule has 1 saturated heterocycles. The lowest BCUT2D eigenvalue weighted by atomic mass is 10.1. The van der Waals surface area contributed by atoms with Crippen LogP contribution in [-0.2, 0) is 6.54 Å². The van der Waals surface area contributed by atoms with Crippen molar-refractivity contribution in [3.8, 4) is 5.75 Å². The number of rotatable bonds is 5. The molecule has 1 aliphatic heterocycles. The zero-order valence-electron chi connectivity index (χ0n) is 18.3. The maximum Gasteiger partial charge on any atom is 0.350 e. The Bertz CT molecular complexity index is 1480. The Labute approximate surface area is 194 Å². The SMILES string of the molecule is COc1ccc(/C=N\n2c(=O)[nH]c3c([nH]c4ccc(Cl)cc43)c2=O)cc1C[NH+]1CCCCC1. The summed E-state index contributed by atoms with van der Waals surface area (Å²) in [5, 5.41) is 5.40. The van der Waals surface area contributed by atoms with E-state index in [0.717, 1.165) is 41.2 Å². The number of nitrogens with one attached hydrogen (secondary N) is 3. The van der Waals surface area contributed by atoms with E-state index in [1.54, 1.807) is 25.3 Å². The number of H-pyrrole nitrogens is 2. The normalized spacial score (nSPS) is 15.1. The molecule has 3 N–H and O–H groups in total. The number of quaternary nitrogens is 1. The maximum absolute atomic E-state index is 13.0. The number of likely N-dealkylation sites (tertiary alicyclic amines) is 1. The van der Waals surface area contributed by atoms with Crippen LogP contribution in [0.3, 0.4) is 0 Å². The van der Waals surface area contributed by atoms with Crippen LogP contribution in [0.5, 0.6) is 5.75 Å². The second-order valence-corrected chi connectivity index (χ2v) is 8.85. The minimum atomic E-state index is -0.615. The van der Waals surface area contributed by atoms with Crippen LogP contribution in [-0.4, -0.2) is 41.1 Å². The van der Waals surface area contributed by atoms with Gasteiger partial charge in [-0.05, 0) is 61.2 Å². The summed E-state index contributed by atoms with van der Waals surface area (Å²) in [4.78, 5) is 33.0. The van der Waals surface area contributed by atoms with E-state index in [-0.39, 0.29) is 5.52 Å². The summed E-state index contributed by atoms with van der Waals surface area (Å²) in [6.07, 6.45) is 5.31. The van der Waals surface area contributed by atoms with E-state index >= 15 is 0 Å². The van der Waals surface area contributed by atoms with Gasteiger partial charge in [0.05, 0.1) is 31.9 Å². The number of aromatic amines is 2. The first kappa shape index (κ1) is 21.5. The highest BCUT2D eigenvalue weighted by Crippen LogP contribution is 2.24. The predicted octanol–water partition coefficient (Wildman–Crippen LogP) is 2.28. The largest absolute Gasteiger partial charge is 0.496 e. The van der Waals surface area contributed by atoms with E-state index < -0.39 is 11.2 Å². The highest BCUT2D eigenvalue weighted by atomic mass is 35.5. The molecule has 0 atom stereocenters. The number of methoxy groups -OCH3 is 1. The van der Waals surface area contributed by atoms with Gasteiger partial charge in [-0.15, -0.1) is 4.68 Å². The maximum atomic E-state index is 13.0. The topological polar surface area (TPSA) is 96.7 Å². The Morgan fingerprint density at radius 3 is 2.70 bits per heavy atom. The van der Waals surface area contributed by atoms with Gasteiger partial charge in [0.25, 0.3) is 0 Å². The third-order valence-corrected chi connectivity index (χ3v) is 6.45. The minimum absolute atomic E-state index is 0.271. The van der Waals surface area contributed by atoms with Crippen LogP contribution < -0.4 is 20.9 Å². The number of piperidine rings is 1. The second kappa shape index (κ2) is 8.88. The zero-order valence-corrected chi connectivity index (χ0v) is 19.0. The fourth-order valence-corrected chi connectivity index (χ4v) is 4.73. The van der Waals surface area contributed by atoms with Crippen molar-refractivity contribution in [2.75, 3.05) is 20.2 Å². The van der Waals surface area contributed by atoms with Crippen molar-refractivity contribution in [2.45, 2.75) is 25.8 Å². The van der Waals surface area contributed by atoms with Gasteiger partial charge in [0.2, 0.25) is 0 Å². The second-order valence-electron chi connectivity index (χ2n) is 8.42. The summed E-state index contributed by atoms with van der Waals surface area (Å²) in [6.45, 7) is 3.18. The lowest BCUT2D eigenvalue weighted by Gasteiger charge is -2.24. The van der Waals surface area contributed by atoms with Gasteiger partial charge in [0.1, 0.15) is 17.8 Å². The summed E-state index contributed by atoms with van der Waals surface area (Å²) in [6, 6.07) is 11.0. The number of hydrogen-bond acceptors (Lipinski definition) is 4. The van der Waals surface area contributed by atoms with Crippen LogP contribution in [0.2, 0.25) is 5.02 Å². The number of hydrogen-bond donors (Lipinski definition) is 3. The molecule has 2 aromatic carbocycles.